The van der Waals surface area contributed by atoms with Crippen LogP contribution in [0.25, 0.3) is 0 Å². The Hall–Kier alpha value is -4.97. The van der Waals surface area contributed by atoms with Crippen LogP contribution < -0.4 is 0 Å². The summed E-state index contributed by atoms with van der Waals surface area (Å²) in [6.45, 7) is 6.36. The predicted molar refractivity (Wildman–Crippen MR) is 352 cm³/mol. The van der Waals surface area contributed by atoms with Gasteiger partial charge in [-0.25, -0.2) is 0 Å². The number of hydrogen-bond donors (Lipinski definition) is 0. The molecule has 0 aliphatic carbocycles. The van der Waals surface area contributed by atoms with Crippen molar-refractivity contribution in [3.63, 3.8) is 0 Å². The van der Waals surface area contributed by atoms with E-state index in [9.17, 15) is 14.4 Å². The molecule has 0 spiro atoms. The zero-order valence-corrected chi connectivity index (χ0v) is 52.2. The van der Waals surface area contributed by atoms with Crippen LogP contribution in [-0.2, 0) is 28.6 Å². The second kappa shape index (κ2) is 67.5. The van der Waals surface area contributed by atoms with Gasteiger partial charge in [0.15, 0.2) is 6.10 Å². The molecule has 0 aliphatic rings. The first kappa shape index (κ1) is 76.0. The highest BCUT2D eigenvalue weighted by molar-refractivity contribution is 5.71. The van der Waals surface area contributed by atoms with Gasteiger partial charge < -0.3 is 14.2 Å². The Kier molecular flexibility index (Phi) is 63.4. The van der Waals surface area contributed by atoms with Crippen LogP contribution in [0.2, 0.25) is 0 Å². The SMILES string of the molecule is CC/C=C\C/C=C\C/C=C\C/C=C\C/C=C\C/C=C\C/C=C\CCCC(=O)OC(COC(=O)CCCCCCCCCCCCC)COC(=O)CCCCCCCCCCCC/C=C\C/C=C\C/C=C\C/C=C\C/C=C\C/C=C\CC. The molecule has 0 fully saturated rings. The van der Waals surface area contributed by atoms with Crippen molar-refractivity contribution in [1.29, 1.82) is 0 Å². The van der Waals surface area contributed by atoms with Crippen LogP contribution in [0.15, 0.2) is 158 Å². The number of carbonyl (C=O) groups is 3. The van der Waals surface area contributed by atoms with Crippen molar-refractivity contribution in [2.75, 3.05) is 13.2 Å². The Balaban J connectivity index is 4.38. The summed E-state index contributed by atoms with van der Waals surface area (Å²) in [5.74, 6) is -0.972. The minimum absolute atomic E-state index is 0.106. The molecule has 0 radical (unpaired) electrons. The van der Waals surface area contributed by atoms with E-state index in [2.05, 4.69) is 179 Å². The maximum absolute atomic E-state index is 12.9. The van der Waals surface area contributed by atoms with Gasteiger partial charge in [-0.2, -0.15) is 0 Å². The highest BCUT2D eigenvalue weighted by Crippen LogP contribution is 2.15. The number of carbonyl (C=O) groups excluding carboxylic acids is 3. The van der Waals surface area contributed by atoms with E-state index >= 15 is 0 Å². The minimum atomic E-state index is -0.817. The highest BCUT2D eigenvalue weighted by Gasteiger charge is 2.19. The normalized spacial score (nSPS) is 13.2. The van der Waals surface area contributed by atoms with E-state index in [1.807, 2.05) is 0 Å². The Morgan fingerprint density at radius 2 is 0.494 bits per heavy atom. The molecule has 0 heterocycles. The quantitative estimate of drug-likeness (QED) is 0.0261. The van der Waals surface area contributed by atoms with Gasteiger partial charge in [0.2, 0.25) is 0 Å². The second-order valence-electron chi connectivity index (χ2n) is 21.3. The predicted octanol–water partition coefficient (Wildman–Crippen LogP) is 22.9. The van der Waals surface area contributed by atoms with Crippen LogP contribution in [0.1, 0.15) is 278 Å². The van der Waals surface area contributed by atoms with Crippen molar-refractivity contribution >= 4 is 17.9 Å². The van der Waals surface area contributed by atoms with Crippen LogP contribution in [0, 0.1) is 0 Å². The van der Waals surface area contributed by atoms with E-state index in [0.717, 1.165) is 135 Å². The average Bonchev–Trinajstić information content (AvgIpc) is 3.47. The summed E-state index contributed by atoms with van der Waals surface area (Å²) in [5, 5.41) is 0. The van der Waals surface area contributed by atoms with E-state index in [1.54, 1.807) is 0 Å². The van der Waals surface area contributed by atoms with Gasteiger partial charge in [0, 0.05) is 19.3 Å². The standard InChI is InChI=1S/C75H120O6/c1-4-7-10-13-16-19-22-24-26-28-30-32-34-35-36-37-38-39-41-42-44-46-48-50-53-56-59-62-65-68-74(77)80-71-72(70-79-73(76)67-64-61-58-55-52-21-18-15-12-9-6-3)81-75(78)69-66-63-60-57-54-51-49-47-45-43-40-33-31-29-27-25-23-20-17-14-11-8-5-2/h7-8,10-11,16-17,19-20,24-27,30-33,35-36,38-39,43,45,49,51,57,60,72H,4-6,9,12-15,18,21-23,28-29,34,37,40-42,44,46-48,50,52-56,58-59,61-71H2,1-3H3/b10-7-,11-8-,19-16-,20-17-,26-24-,27-25-,32-30-,33-31-,36-35-,39-38-,45-43-,51-49-,60-57-. The van der Waals surface area contributed by atoms with E-state index in [-0.39, 0.29) is 37.5 Å². The molecule has 0 bridgehead atoms. The second-order valence-corrected chi connectivity index (χ2v) is 21.3. The summed E-state index contributed by atoms with van der Waals surface area (Å²) < 4.78 is 16.9. The monoisotopic (exact) mass is 1120 g/mol. The molecular formula is C75H120O6. The van der Waals surface area contributed by atoms with Crippen molar-refractivity contribution in [1.82, 2.24) is 0 Å². The zero-order chi connectivity index (χ0) is 58.5. The zero-order valence-electron chi connectivity index (χ0n) is 52.2. The Morgan fingerprint density at radius 3 is 0.790 bits per heavy atom. The third-order valence-electron chi connectivity index (χ3n) is 13.5. The van der Waals surface area contributed by atoms with Crippen LogP contribution in [0.5, 0.6) is 0 Å². The molecule has 0 rings (SSSR count). The number of esters is 3. The van der Waals surface area contributed by atoms with E-state index < -0.39 is 6.10 Å². The molecule has 0 saturated carbocycles. The van der Waals surface area contributed by atoms with Crippen molar-refractivity contribution in [2.24, 2.45) is 0 Å². The maximum atomic E-state index is 12.9. The average molecular weight is 1120 g/mol. The van der Waals surface area contributed by atoms with Gasteiger partial charge in [-0.1, -0.05) is 294 Å². The Bertz CT molecular complexity index is 1810. The van der Waals surface area contributed by atoms with Gasteiger partial charge in [-0.15, -0.1) is 0 Å². The van der Waals surface area contributed by atoms with E-state index in [4.69, 9.17) is 14.2 Å². The number of unbranched alkanes of at least 4 members (excludes halogenated alkanes) is 21. The van der Waals surface area contributed by atoms with Crippen LogP contribution in [0.3, 0.4) is 0 Å². The molecule has 0 N–H and O–H groups in total. The molecule has 0 saturated heterocycles. The molecule has 1 unspecified atom stereocenters. The fourth-order valence-electron chi connectivity index (χ4n) is 8.67. The number of hydrogen-bond acceptors (Lipinski definition) is 6. The van der Waals surface area contributed by atoms with Crippen LogP contribution in [-0.4, -0.2) is 37.2 Å². The fraction of sp³-hybridized carbons (Fsp3) is 0.613. The van der Waals surface area contributed by atoms with Gasteiger partial charge in [-0.05, 0) is 122 Å². The number of allylic oxidation sites excluding steroid dienone is 26. The summed E-state index contributed by atoms with van der Waals surface area (Å²) in [7, 11) is 0. The molecule has 1 atom stereocenters. The topological polar surface area (TPSA) is 78.9 Å². The highest BCUT2D eigenvalue weighted by atomic mass is 16.6. The lowest BCUT2D eigenvalue weighted by molar-refractivity contribution is -0.167. The van der Waals surface area contributed by atoms with Crippen LogP contribution >= 0.6 is 0 Å². The van der Waals surface area contributed by atoms with Gasteiger partial charge >= 0.3 is 17.9 Å². The number of rotatable bonds is 58. The van der Waals surface area contributed by atoms with Gasteiger partial charge in [0.1, 0.15) is 13.2 Å². The van der Waals surface area contributed by atoms with Crippen molar-refractivity contribution < 1.29 is 28.6 Å². The minimum Gasteiger partial charge on any atom is -0.462 e. The molecule has 0 aromatic rings. The van der Waals surface area contributed by atoms with Crippen LogP contribution in [0.4, 0.5) is 0 Å². The van der Waals surface area contributed by atoms with Gasteiger partial charge in [0.05, 0.1) is 0 Å². The largest absolute Gasteiger partial charge is 0.462 e. The first-order valence-corrected chi connectivity index (χ1v) is 33.0. The van der Waals surface area contributed by atoms with Gasteiger partial charge in [0.25, 0.3) is 0 Å². The molecule has 0 amide bonds. The molecular weight excluding hydrogens is 997 g/mol. The molecule has 0 aliphatic heterocycles. The lowest BCUT2D eigenvalue weighted by Crippen LogP contribution is -2.30. The fourth-order valence-corrected chi connectivity index (χ4v) is 8.67. The molecule has 6 nitrogen and oxygen atoms in total. The first-order chi connectivity index (χ1) is 40.0. The summed E-state index contributed by atoms with van der Waals surface area (Å²) in [6.07, 6.45) is 98.3. The first-order valence-electron chi connectivity index (χ1n) is 33.0. The Morgan fingerprint density at radius 1 is 0.259 bits per heavy atom. The molecule has 456 valence electrons. The smallest absolute Gasteiger partial charge is 0.306 e. The van der Waals surface area contributed by atoms with Crippen molar-refractivity contribution in [3.8, 4) is 0 Å². The molecule has 0 aromatic heterocycles. The maximum Gasteiger partial charge on any atom is 0.306 e. The summed E-state index contributed by atoms with van der Waals surface area (Å²) >= 11 is 0. The third kappa shape index (κ3) is 65.7. The summed E-state index contributed by atoms with van der Waals surface area (Å²) in [5.41, 5.74) is 0. The van der Waals surface area contributed by atoms with E-state index in [1.165, 1.54) is 96.3 Å². The summed E-state index contributed by atoms with van der Waals surface area (Å²) in [4.78, 5) is 38.3. The van der Waals surface area contributed by atoms with Gasteiger partial charge in [-0.3, -0.25) is 14.4 Å². The third-order valence-corrected chi connectivity index (χ3v) is 13.5. The molecule has 6 heteroatoms. The molecule has 0 aromatic carbocycles. The lowest BCUT2D eigenvalue weighted by atomic mass is 10.1. The number of ether oxygens (including phenoxy) is 3. The lowest BCUT2D eigenvalue weighted by Gasteiger charge is -2.18. The summed E-state index contributed by atoms with van der Waals surface area (Å²) in [6, 6.07) is 0. The van der Waals surface area contributed by atoms with Crippen molar-refractivity contribution in [2.45, 2.75) is 284 Å². The Labute approximate surface area is 499 Å². The van der Waals surface area contributed by atoms with Crippen molar-refractivity contribution in [3.05, 3.63) is 158 Å². The molecule has 81 heavy (non-hydrogen) atoms. The van der Waals surface area contributed by atoms with E-state index in [0.29, 0.717) is 19.3 Å².